The van der Waals surface area contributed by atoms with Crippen LogP contribution in [0.1, 0.15) is 21.6 Å². The SMILES string of the molecule is N#Cc1cccc(C(=O)NCc2cc(-c3ccccc3F)on2)c1. The minimum absolute atomic E-state index is 0.133. The van der Waals surface area contributed by atoms with Crippen LogP contribution in [-0.4, -0.2) is 11.1 Å². The predicted molar refractivity (Wildman–Crippen MR) is 84.2 cm³/mol. The van der Waals surface area contributed by atoms with Crippen LogP contribution < -0.4 is 5.32 Å². The number of halogens is 1. The number of carbonyl (C=O) groups excluding carboxylic acids is 1. The molecule has 5 nitrogen and oxygen atoms in total. The lowest BCUT2D eigenvalue weighted by atomic mass is 10.1. The average Bonchev–Trinajstić information content (AvgIpc) is 3.09. The Morgan fingerprint density at radius 3 is 2.83 bits per heavy atom. The third kappa shape index (κ3) is 3.31. The van der Waals surface area contributed by atoms with E-state index in [1.807, 2.05) is 6.07 Å². The van der Waals surface area contributed by atoms with E-state index in [0.717, 1.165) is 0 Å². The number of hydrogen-bond donors (Lipinski definition) is 1. The van der Waals surface area contributed by atoms with Gasteiger partial charge in [0, 0.05) is 11.6 Å². The van der Waals surface area contributed by atoms with Gasteiger partial charge in [0.15, 0.2) is 5.76 Å². The maximum absolute atomic E-state index is 13.7. The highest BCUT2D eigenvalue weighted by molar-refractivity contribution is 5.94. The summed E-state index contributed by atoms with van der Waals surface area (Å²) in [5.41, 5.74) is 1.57. The van der Waals surface area contributed by atoms with Gasteiger partial charge >= 0.3 is 0 Å². The Bertz CT molecular complexity index is 928. The molecule has 0 aliphatic heterocycles. The summed E-state index contributed by atoms with van der Waals surface area (Å²) in [5.74, 6) is -0.441. The molecule has 0 saturated heterocycles. The quantitative estimate of drug-likeness (QED) is 0.800. The van der Waals surface area contributed by atoms with Crippen molar-refractivity contribution in [3.8, 4) is 17.4 Å². The number of nitriles is 1. The fourth-order valence-corrected chi connectivity index (χ4v) is 2.19. The summed E-state index contributed by atoms with van der Waals surface area (Å²) in [7, 11) is 0. The summed E-state index contributed by atoms with van der Waals surface area (Å²) in [5, 5.41) is 15.4. The minimum Gasteiger partial charge on any atom is -0.356 e. The Morgan fingerprint density at radius 2 is 2.04 bits per heavy atom. The number of aromatic nitrogens is 1. The van der Waals surface area contributed by atoms with E-state index >= 15 is 0 Å². The largest absolute Gasteiger partial charge is 0.356 e. The van der Waals surface area contributed by atoms with Crippen LogP contribution in [0, 0.1) is 17.1 Å². The van der Waals surface area contributed by atoms with Crippen molar-refractivity contribution in [2.75, 3.05) is 0 Å². The molecule has 0 bridgehead atoms. The molecule has 118 valence electrons. The van der Waals surface area contributed by atoms with Gasteiger partial charge in [-0.2, -0.15) is 5.26 Å². The summed E-state index contributed by atoms with van der Waals surface area (Å²) in [4.78, 5) is 12.1. The van der Waals surface area contributed by atoms with Crippen molar-refractivity contribution < 1.29 is 13.7 Å². The molecule has 0 aliphatic carbocycles. The van der Waals surface area contributed by atoms with E-state index in [0.29, 0.717) is 28.1 Å². The Labute approximate surface area is 137 Å². The van der Waals surface area contributed by atoms with Gasteiger partial charge in [0.2, 0.25) is 0 Å². The first kappa shape index (κ1) is 15.4. The van der Waals surface area contributed by atoms with Gasteiger partial charge in [-0.3, -0.25) is 4.79 Å². The number of rotatable bonds is 4. The van der Waals surface area contributed by atoms with Crippen LogP contribution in [0.25, 0.3) is 11.3 Å². The maximum atomic E-state index is 13.7. The van der Waals surface area contributed by atoms with Crippen molar-refractivity contribution in [3.63, 3.8) is 0 Å². The van der Waals surface area contributed by atoms with Gasteiger partial charge in [-0.15, -0.1) is 0 Å². The van der Waals surface area contributed by atoms with Crippen LogP contribution in [-0.2, 0) is 6.54 Å². The van der Waals surface area contributed by atoms with Gasteiger partial charge < -0.3 is 9.84 Å². The normalized spacial score (nSPS) is 10.2. The fraction of sp³-hybridized carbons (Fsp3) is 0.0556. The summed E-state index contributed by atoms with van der Waals surface area (Å²) in [6, 6.07) is 16.1. The third-order valence-electron chi connectivity index (χ3n) is 3.38. The van der Waals surface area contributed by atoms with E-state index in [9.17, 15) is 9.18 Å². The van der Waals surface area contributed by atoms with Crippen molar-refractivity contribution in [2.24, 2.45) is 0 Å². The molecule has 2 aromatic carbocycles. The van der Waals surface area contributed by atoms with Gasteiger partial charge in [-0.05, 0) is 30.3 Å². The molecule has 0 aliphatic rings. The maximum Gasteiger partial charge on any atom is 0.251 e. The molecule has 1 aromatic heterocycles. The van der Waals surface area contributed by atoms with Gasteiger partial charge in [-0.1, -0.05) is 23.4 Å². The summed E-state index contributed by atoms with van der Waals surface area (Å²) < 4.78 is 18.8. The highest BCUT2D eigenvalue weighted by Crippen LogP contribution is 2.23. The molecule has 1 N–H and O–H groups in total. The molecule has 0 radical (unpaired) electrons. The van der Waals surface area contributed by atoms with E-state index in [1.54, 1.807) is 42.5 Å². The smallest absolute Gasteiger partial charge is 0.251 e. The molecule has 0 saturated carbocycles. The molecule has 0 atom stereocenters. The predicted octanol–water partition coefficient (Wildman–Crippen LogP) is 3.28. The lowest BCUT2D eigenvalue weighted by Crippen LogP contribution is -2.22. The minimum atomic E-state index is -0.405. The summed E-state index contributed by atoms with van der Waals surface area (Å²) in [6.45, 7) is 0.133. The molecular weight excluding hydrogens is 309 g/mol. The molecule has 0 fully saturated rings. The van der Waals surface area contributed by atoms with Crippen molar-refractivity contribution in [1.29, 1.82) is 5.26 Å². The van der Waals surface area contributed by atoms with Crippen LogP contribution in [0.2, 0.25) is 0 Å². The van der Waals surface area contributed by atoms with Crippen molar-refractivity contribution in [1.82, 2.24) is 10.5 Å². The Hall–Kier alpha value is -3.46. The zero-order valence-electron chi connectivity index (χ0n) is 12.5. The number of benzene rings is 2. The monoisotopic (exact) mass is 321 g/mol. The number of nitrogens with one attached hydrogen (secondary N) is 1. The van der Waals surface area contributed by atoms with E-state index in [2.05, 4.69) is 10.5 Å². The highest BCUT2D eigenvalue weighted by Gasteiger charge is 2.12. The van der Waals surface area contributed by atoms with E-state index in [-0.39, 0.29) is 12.5 Å². The highest BCUT2D eigenvalue weighted by atomic mass is 19.1. The Kier molecular flexibility index (Phi) is 4.34. The van der Waals surface area contributed by atoms with Crippen LogP contribution in [0.3, 0.4) is 0 Å². The Balaban J connectivity index is 1.68. The van der Waals surface area contributed by atoms with Crippen LogP contribution in [0.5, 0.6) is 0 Å². The first-order valence-corrected chi connectivity index (χ1v) is 7.16. The number of nitrogens with zero attached hydrogens (tertiary/aromatic N) is 2. The molecule has 3 aromatic rings. The van der Waals surface area contributed by atoms with Gasteiger partial charge in [0.1, 0.15) is 11.5 Å². The van der Waals surface area contributed by atoms with Crippen LogP contribution in [0.4, 0.5) is 4.39 Å². The fourth-order valence-electron chi connectivity index (χ4n) is 2.19. The van der Waals surface area contributed by atoms with E-state index in [1.165, 1.54) is 12.1 Å². The lowest BCUT2D eigenvalue weighted by molar-refractivity contribution is 0.0950. The first-order chi connectivity index (χ1) is 11.7. The summed E-state index contributed by atoms with van der Waals surface area (Å²) in [6.07, 6.45) is 0. The summed E-state index contributed by atoms with van der Waals surface area (Å²) >= 11 is 0. The second-order valence-corrected chi connectivity index (χ2v) is 5.04. The molecule has 24 heavy (non-hydrogen) atoms. The standard InChI is InChI=1S/C18H12FN3O2/c19-16-7-2-1-6-15(16)17-9-14(22-24-17)11-21-18(23)13-5-3-4-12(8-13)10-20/h1-9H,11H2,(H,21,23). The first-order valence-electron chi connectivity index (χ1n) is 7.16. The van der Waals surface area contributed by atoms with Gasteiger partial charge in [0.05, 0.1) is 23.7 Å². The van der Waals surface area contributed by atoms with Gasteiger partial charge in [0.25, 0.3) is 5.91 Å². The molecule has 0 unspecified atom stereocenters. The van der Waals surface area contributed by atoms with Crippen molar-refractivity contribution in [2.45, 2.75) is 6.54 Å². The van der Waals surface area contributed by atoms with Crippen LogP contribution in [0.15, 0.2) is 59.1 Å². The zero-order valence-corrected chi connectivity index (χ0v) is 12.5. The average molecular weight is 321 g/mol. The number of amides is 1. The molecule has 1 amide bonds. The second kappa shape index (κ2) is 6.75. The van der Waals surface area contributed by atoms with E-state index < -0.39 is 5.82 Å². The van der Waals surface area contributed by atoms with Crippen molar-refractivity contribution >= 4 is 5.91 Å². The number of hydrogen-bond acceptors (Lipinski definition) is 4. The molecule has 1 heterocycles. The second-order valence-electron chi connectivity index (χ2n) is 5.04. The zero-order chi connectivity index (χ0) is 16.9. The van der Waals surface area contributed by atoms with Crippen LogP contribution >= 0.6 is 0 Å². The molecule has 0 spiro atoms. The Morgan fingerprint density at radius 1 is 1.21 bits per heavy atom. The third-order valence-corrected chi connectivity index (χ3v) is 3.38. The van der Waals surface area contributed by atoms with Gasteiger partial charge in [-0.25, -0.2) is 4.39 Å². The van der Waals surface area contributed by atoms with E-state index in [4.69, 9.17) is 9.78 Å². The molecular formula is C18H12FN3O2. The van der Waals surface area contributed by atoms with Crippen molar-refractivity contribution in [3.05, 3.63) is 77.2 Å². The number of carbonyl (C=O) groups is 1. The molecule has 3 rings (SSSR count). The lowest BCUT2D eigenvalue weighted by Gasteiger charge is -2.02. The topological polar surface area (TPSA) is 78.9 Å². The molecule has 6 heteroatoms.